The molecule has 2 rings (SSSR count). The Labute approximate surface area is 144 Å². The van der Waals surface area contributed by atoms with Crippen molar-refractivity contribution in [2.75, 3.05) is 6.61 Å². The maximum atomic E-state index is 13.9. The van der Waals surface area contributed by atoms with Gasteiger partial charge in [0.1, 0.15) is 5.75 Å². The van der Waals surface area contributed by atoms with Gasteiger partial charge >= 0.3 is 0 Å². The molecule has 130 valence electrons. The highest BCUT2D eigenvalue weighted by Crippen LogP contribution is 2.45. The van der Waals surface area contributed by atoms with Crippen molar-refractivity contribution in [2.45, 2.75) is 53.4 Å². The first-order valence-corrected chi connectivity index (χ1v) is 8.56. The van der Waals surface area contributed by atoms with E-state index in [1.54, 1.807) is 6.92 Å². The maximum Gasteiger partial charge on any atom is 0.178 e. The molecule has 0 heterocycles. The van der Waals surface area contributed by atoms with Crippen molar-refractivity contribution >= 4 is 17.4 Å². The summed E-state index contributed by atoms with van der Waals surface area (Å²) >= 11 is 0. The van der Waals surface area contributed by atoms with Gasteiger partial charge in [-0.05, 0) is 66.0 Å². The second kappa shape index (κ2) is 6.92. The van der Waals surface area contributed by atoms with Crippen LogP contribution in [0.4, 0.5) is 4.39 Å². The number of benzene rings is 1. The van der Waals surface area contributed by atoms with Crippen molar-refractivity contribution in [1.29, 1.82) is 0 Å². The average molecular weight is 330 g/mol. The normalized spacial score (nSPS) is 17.1. The van der Waals surface area contributed by atoms with E-state index in [1.807, 2.05) is 19.1 Å². The number of rotatable bonds is 5. The molecule has 1 aromatic carbocycles. The molecule has 0 N–H and O–H groups in total. The number of carbonyl (C=O) groups is 1. The summed E-state index contributed by atoms with van der Waals surface area (Å²) in [6.07, 6.45) is 3.51. The Balaban J connectivity index is 2.78. The van der Waals surface area contributed by atoms with E-state index in [2.05, 4.69) is 33.8 Å². The molecule has 0 radical (unpaired) electrons. The van der Waals surface area contributed by atoms with Crippen LogP contribution in [0.5, 0.6) is 5.75 Å². The molecule has 3 heteroatoms. The first-order chi connectivity index (χ1) is 11.2. The minimum atomic E-state index is -0.749. The number of allylic oxidation sites excluding steroid dienone is 4. The molecular formula is C21H27FO2. The molecule has 24 heavy (non-hydrogen) atoms. The first kappa shape index (κ1) is 18.4. The van der Waals surface area contributed by atoms with E-state index < -0.39 is 5.83 Å². The fourth-order valence-corrected chi connectivity index (χ4v) is 3.30. The van der Waals surface area contributed by atoms with E-state index in [-0.39, 0.29) is 11.7 Å². The first-order valence-electron chi connectivity index (χ1n) is 8.56. The maximum absolute atomic E-state index is 13.9. The van der Waals surface area contributed by atoms with Crippen molar-refractivity contribution < 1.29 is 13.9 Å². The number of hydrogen-bond acceptors (Lipinski definition) is 2. The number of halogens is 1. The quantitative estimate of drug-likeness (QED) is 0.511. The van der Waals surface area contributed by atoms with Gasteiger partial charge in [0.2, 0.25) is 0 Å². The Morgan fingerprint density at radius 2 is 2.04 bits per heavy atom. The molecule has 1 aliphatic carbocycles. The highest BCUT2D eigenvalue weighted by Gasteiger charge is 2.31. The Bertz CT molecular complexity index is 709. The van der Waals surface area contributed by atoms with Crippen LogP contribution >= 0.6 is 0 Å². The van der Waals surface area contributed by atoms with Crippen LogP contribution in [-0.2, 0) is 10.2 Å². The number of fused-ring (bicyclic) bond motifs is 1. The molecule has 1 aliphatic rings. The van der Waals surface area contributed by atoms with E-state index in [0.29, 0.717) is 29.4 Å². The fraction of sp³-hybridized carbons (Fsp3) is 0.476. The summed E-state index contributed by atoms with van der Waals surface area (Å²) in [5.41, 5.74) is 4.61. The van der Waals surface area contributed by atoms with Gasteiger partial charge in [0, 0.05) is 5.56 Å². The Kier molecular flexibility index (Phi) is 5.32. The summed E-state index contributed by atoms with van der Waals surface area (Å²) in [4.78, 5) is 10.9. The van der Waals surface area contributed by atoms with Gasteiger partial charge in [0.15, 0.2) is 12.1 Å². The van der Waals surface area contributed by atoms with Crippen molar-refractivity contribution in [1.82, 2.24) is 0 Å². The lowest BCUT2D eigenvalue weighted by Crippen LogP contribution is -2.23. The van der Waals surface area contributed by atoms with E-state index in [4.69, 9.17) is 4.74 Å². The predicted octanol–water partition coefficient (Wildman–Crippen LogP) is 5.71. The SMILES string of the molecule is CCOc1cc2c(cc1/C(C)=C(/F)C=O)C(C(C)C)=CCC2(C)C. The third kappa shape index (κ3) is 3.31. The van der Waals surface area contributed by atoms with Crippen LogP contribution in [0.25, 0.3) is 11.1 Å². The van der Waals surface area contributed by atoms with Crippen molar-refractivity contribution in [2.24, 2.45) is 5.92 Å². The third-order valence-electron chi connectivity index (χ3n) is 4.78. The molecule has 0 saturated heterocycles. The molecule has 0 aliphatic heterocycles. The molecule has 0 bridgehead atoms. The van der Waals surface area contributed by atoms with Gasteiger partial charge in [-0.2, -0.15) is 0 Å². The molecule has 0 saturated carbocycles. The van der Waals surface area contributed by atoms with Gasteiger partial charge < -0.3 is 4.74 Å². The highest BCUT2D eigenvalue weighted by molar-refractivity contribution is 5.88. The summed E-state index contributed by atoms with van der Waals surface area (Å²) in [7, 11) is 0. The predicted molar refractivity (Wildman–Crippen MR) is 97.8 cm³/mol. The zero-order chi connectivity index (χ0) is 18.1. The van der Waals surface area contributed by atoms with E-state index in [9.17, 15) is 9.18 Å². The van der Waals surface area contributed by atoms with Crippen LogP contribution in [-0.4, -0.2) is 12.9 Å². The van der Waals surface area contributed by atoms with Crippen LogP contribution in [0.1, 0.15) is 64.7 Å². The smallest absolute Gasteiger partial charge is 0.178 e. The van der Waals surface area contributed by atoms with Crippen LogP contribution < -0.4 is 4.74 Å². The van der Waals surface area contributed by atoms with E-state index >= 15 is 0 Å². The summed E-state index contributed by atoms with van der Waals surface area (Å²) in [6.45, 7) is 12.8. The van der Waals surface area contributed by atoms with Crippen LogP contribution in [0.2, 0.25) is 0 Å². The summed E-state index contributed by atoms with van der Waals surface area (Å²) < 4.78 is 19.7. The largest absolute Gasteiger partial charge is 0.493 e. The van der Waals surface area contributed by atoms with Gasteiger partial charge in [0.05, 0.1) is 6.61 Å². The number of ether oxygens (including phenoxy) is 1. The second-order valence-corrected chi connectivity index (χ2v) is 7.32. The number of carbonyl (C=O) groups excluding carboxylic acids is 1. The average Bonchev–Trinajstić information content (AvgIpc) is 2.53. The Hall–Kier alpha value is -1.90. The molecule has 0 amide bonds. The minimum Gasteiger partial charge on any atom is -0.493 e. The van der Waals surface area contributed by atoms with Crippen molar-refractivity contribution in [3.63, 3.8) is 0 Å². The third-order valence-corrected chi connectivity index (χ3v) is 4.78. The van der Waals surface area contributed by atoms with Crippen molar-refractivity contribution in [3.05, 3.63) is 40.7 Å². The van der Waals surface area contributed by atoms with Gasteiger partial charge in [-0.25, -0.2) is 4.39 Å². The second-order valence-electron chi connectivity index (χ2n) is 7.32. The van der Waals surface area contributed by atoms with E-state index in [1.165, 1.54) is 11.1 Å². The lowest BCUT2D eigenvalue weighted by atomic mass is 9.71. The zero-order valence-electron chi connectivity index (χ0n) is 15.5. The number of hydrogen-bond donors (Lipinski definition) is 0. The van der Waals surface area contributed by atoms with E-state index in [0.717, 1.165) is 12.0 Å². The topological polar surface area (TPSA) is 26.3 Å². The molecular weight excluding hydrogens is 303 g/mol. The lowest BCUT2D eigenvalue weighted by Gasteiger charge is -2.34. The summed E-state index contributed by atoms with van der Waals surface area (Å²) in [6, 6.07) is 4.02. The van der Waals surface area contributed by atoms with Gasteiger partial charge in [-0.15, -0.1) is 0 Å². The monoisotopic (exact) mass is 330 g/mol. The molecule has 2 nitrogen and oxygen atoms in total. The molecule has 0 atom stereocenters. The standard InChI is InChI=1S/C21H27FO2/c1-7-24-20-11-18-17(10-16(20)14(4)19(22)12-23)15(13(2)3)8-9-21(18,5)6/h8,10-13H,7,9H2,1-6H3/b19-14+. The van der Waals surface area contributed by atoms with Gasteiger partial charge in [-0.1, -0.05) is 33.8 Å². The summed E-state index contributed by atoms with van der Waals surface area (Å²) in [5.74, 6) is 0.274. The van der Waals surface area contributed by atoms with Crippen molar-refractivity contribution in [3.8, 4) is 5.75 Å². The zero-order valence-corrected chi connectivity index (χ0v) is 15.5. The molecule has 0 spiro atoms. The molecule has 1 aromatic rings. The van der Waals surface area contributed by atoms with Gasteiger partial charge in [-0.3, -0.25) is 4.79 Å². The Morgan fingerprint density at radius 1 is 1.38 bits per heavy atom. The Morgan fingerprint density at radius 3 is 2.58 bits per heavy atom. The minimum absolute atomic E-state index is 0.00106. The highest BCUT2D eigenvalue weighted by atomic mass is 19.1. The molecule has 0 aromatic heterocycles. The van der Waals surface area contributed by atoms with Gasteiger partial charge in [0.25, 0.3) is 0 Å². The fourth-order valence-electron chi connectivity index (χ4n) is 3.30. The number of aldehydes is 1. The molecule has 0 fully saturated rings. The lowest BCUT2D eigenvalue weighted by molar-refractivity contribution is -0.106. The van der Waals surface area contributed by atoms with Crippen LogP contribution in [0.3, 0.4) is 0 Å². The molecule has 0 unspecified atom stereocenters. The summed E-state index contributed by atoms with van der Waals surface area (Å²) in [5, 5.41) is 0. The van der Waals surface area contributed by atoms with Crippen LogP contribution in [0.15, 0.2) is 24.0 Å². The van der Waals surface area contributed by atoms with Crippen LogP contribution in [0, 0.1) is 5.92 Å².